The van der Waals surface area contributed by atoms with Crippen molar-refractivity contribution in [2.75, 3.05) is 7.11 Å². The number of carbonyl (C=O) groups excluding carboxylic acids is 1. The highest BCUT2D eigenvalue weighted by molar-refractivity contribution is 7.71. The van der Waals surface area contributed by atoms with Crippen molar-refractivity contribution in [3.63, 3.8) is 0 Å². The van der Waals surface area contributed by atoms with Crippen molar-refractivity contribution in [1.29, 1.82) is 0 Å². The monoisotopic (exact) mass is 282 g/mol. The van der Waals surface area contributed by atoms with E-state index in [-0.39, 0.29) is 5.97 Å². The molecule has 0 aliphatic rings. The van der Waals surface area contributed by atoms with Crippen LogP contribution in [0.15, 0.2) is 0 Å². The Morgan fingerprint density at radius 1 is 1.53 bits per heavy atom. The number of ether oxygens (including phenoxy) is 1. The number of carbonyl (C=O) groups is 1. The lowest BCUT2D eigenvalue weighted by atomic mass is 10.2. The van der Waals surface area contributed by atoms with Gasteiger partial charge < -0.3 is 14.3 Å². The Morgan fingerprint density at radius 3 is 2.89 bits per heavy atom. The van der Waals surface area contributed by atoms with E-state index in [4.69, 9.17) is 12.2 Å². The Labute approximate surface area is 116 Å². The Balaban J connectivity index is 2.41. The number of esters is 1. The van der Waals surface area contributed by atoms with E-state index in [9.17, 15) is 4.79 Å². The smallest absolute Gasteiger partial charge is 0.307 e. The van der Waals surface area contributed by atoms with E-state index in [0.717, 1.165) is 29.7 Å². The topological polar surface area (TPSA) is 64.8 Å². The van der Waals surface area contributed by atoms with Gasteiger partial charge in [-0.1, -0.05) is 13.3 Å². The minimum Gasteiger partial charge on any atom is -0.469 e. The summed E-state index contributed by atoms with van der Waals surface area (Å²) < 4.78 is 8.98. The minimum atomic E-state index is -0.243. The number of imidazole rings is 1. The number of nitrogens with zero attached hydrogens (tertiary/aromatic N) is 3. The van der Waals surface area contributed by atoms with Crippen LogP contribution >= 0.6 is 12.2 Å². The second-order valence-corrected chi connectivity index (χ2v) is 4.81. The molecule has 2 aromatic heterocycles. The van der Waals surface area contributed by atoms with E-state index in [2.05, 4.69) is 21.7 Å². The minimum absolute atomic E-state index is 0.243. The molecule has 0 spiro atoms. The van der Waals surface area contributed by atoms with Crippen molar-refractivity contribution in [3.8, 4) is 0 Å². The number of aryl methyl sites for hydroxylation is 3. The van der Waals surface area contributed by atoms with Gasteiger partial charge in [0.2, 0.25) is 0 Å². The zero-order valence-electron chi connectivity index (χ0n) is 11.4. The fourth-order valence-corrected chi connectivity index (χ4v) is 2.48. The maximum atomic E-state index is 11.2. The molecule has 19 heavy (non-hydrogen) atoms. The number of aromatic amines is 1. The largest absolute Gasteiger partial charge is 0.469 e. The predicted molar refractivity (Wildman–Crippen MR) is 74.5 cm³/mol. The summed E-state index contributed by atoms with van der Waals surface area (Å²) in [6, 6.07) is 0. The van der Waals surface area contributed by atoms with Crippen LogP contribution in [-0.4, -0.2) is 32.4 Å². The number of hydrogen-bond donors (Lipinski definition) is 1. The number of hydrogen-bond acceptors (Lipinski definition) is 4. The molecule has 104 valence electrons. The van der Waals surface area contributed by atoms with Gasteiger partial charge in [0.15, 0.2) is 10.4 Å². The van der Waals surface area contributed by atoms with Crippen molar-refractivity contribution in [2.24, 2.45) is 7.05 Å². The van der Waals surface area contributed by atoms with Crippen LogP contribution < -0.4 is 0 Å². The summed E-state index contributed by atoms with van der Waals surface area (Å²) in [5.41, 5.74) is 2.92. The number of nitrogens with one attached hydrogen (secondary N) is 1. The highest BCUT2D eigenvalue weighted by atomic mass is 32.1. The second kappa shape index (κ2) is 5.56. The molecule has 2 aromatic rings. The predicted octanol–water partition coefficient (Wildman–Crippen LogP) is 1.95. The van der Waals surface area contributed by atoms with Gasteiger partial charge >= 0.3 is 5.97 Å². The zero-order chi connectivity index (χ0) is 14.0. The normalized spacial score (nSPS) is 11.1. The molecule has 0 saturated heterocycles. The molecule has 7 heteroatoms. The lowest BCUT2D eigenvalue weighted by Crippen LogP contribution is -2.09. The molecule has 0 unspecified atom stereocenters. The molecule has 0 aliphatic carbocycles. The van der Waals surface area contributed by atoms with Crippen LogP contribution in [0.4, 0.5) is 0 Å². The van der Waals surface area contributed by atoms with Gasteiger partial charge in [-0.15, -0.1) is 0 Å². The van der Waals surface area contributed by atoms with E-state index in [1.165, 1.54) is 7.11 Å². The van der Waals surface area contributed by atoms with Gasteiger partial charge in [-0.05, 0) is 18.6 Å². The SMILES string of the molecule is CCCc1nn(C)c2c1[nH]c(=S)n2CCC(=O)OC. The Kier molecular flexibility index (Phi) is 4.04. The molecule has 0 aliphatic heterocycles. The van der Waals surface area contributed by atoms with Crippen molar-refractivity contribution in [2.45, 2.75) is 32.7 Å². The van der Waals surface area contributed by atoms with Gasteiger partial charge in [0.05, 0.1) is 19.2 Å². The van der Waals surface area contributed by atoms with E-state index in [0.29, 0.717) is 17.7 Å². The summed E-state index contributed by atoms with van der Waals surface area (Å²) in [5.74, 6) is -0.243. The lowest BCUT2D eigenvalue weighted by molar-refractivity contribution is -0.140. The molecule has 2 heterocycles. The molecular weight excluding hydrogens is 264 g/mol. The number of fused-ring (bicyclic) bond motifs is 1. The molecule has 0 aromatic carbocycles. The highest BCUT2D eigenvalue weighted by Crippen LogP contribution is 2.19. The number of H-pyrrole nitrogens is 1. The van der Waals surface area contributed by atoms with E-state index in [1.807, 2.05) is 16.3 Å². The summed E-state index contributed by atoms with van der Waals surface area (Å²) in [6.07, 6.45) is 2.23. The average molecular weight is 282 g/mol. The quantitative estimate of drug-likeness (QED) is 0.672. The number of aromatic nitrogens is 4. The van der Waals surface area contributed by atoms with E-state index in [1.54, 1.807) is 0 Å². The maximum absolute atomic E-state index is 11.2. The number of methoxy groups -OCH3 is 1. The van der Waals surface area contributed by atoms with Crippen LogP contribution in [0.5, 0.6) is 0 Å². The molecule has 0 radical (unpaired) electrons. The van der Waals surface area contributed by atoms with E-state index >= 15 is 0 Å². The Hall–Kier alpha value is -1.63. The molecule has 0 bridgehead atoms. The van der Waals surface area contributed by atoms with Crippen LogP contribution in [-0.2, 0) is 29.5 Å². The summed E-state index contributed by atoms with van der Waals surface area (Å²) in [7, 11) is 3.27. The lowest BCUT2D eigenvalue weighted by Gasteiger charge is -2.03. The van der Waals surface area contributed by atoms with Gasteiger partial charge in [0.25, 0.3) is 0 Å². The van der Waals surface area contributed by atoms with Crippen molar-refractivity contribution in [3.05, 3.63) is 10.5 Å². The van der Waals surface area contributed by atoms with E-state index < -0.39 is 0 Å². The third-order valence-electron chi connectivity index (χ3n) is 3.08. The fraction of sp³-hybridized carbons (Fsp3) is 0.583. The fourth-order valence-electron chi connectivity index (χ4n) is 2.20. The van der Waals surface area contributed by atoms with Crippen molar-refractivity contribution >= 4 is 29.4 Å². The molecule has 0 saturated carbocycles. The van der Waals surface area contributed by atoms with Gasteiger partial charge in [0, 0.05) is 13.6 Å². The first-order valence-corrected chi connectivity index (χ1v) is 6.70. The summed E-state index contributed by atoms with van der Waals surface area (Å²) >= 11 is 5.31. The van der Waals surface area contributed by atoms with Gasteiger partial charge in [-0.3, -0.25) is 9.48 Å². The van der Waals surface area contributed by atoms with Gasteiger partial charge in [0.1, 0.15) is 5.52 Å². The van der Waals surface area contributed by atoms with Crippen LogP contribution in [0, 0.1) is 4.77 Å². The average Bonchev–Trinajstić information content (AvgIpc) is 2.86. The van der Waals surface area contributed by atoms with Crippen molar-refractivity contribution in [1.82, 2.24) is 19.3 Å². The maximum Gasteiger partial charge on any atom is 0.307 e. The molecule has 0 fully saturated rings. The van der Waals surface area contributed by atoms with Crippen LogP contribution in [0.25, 0.3) is 11.2 Å². The van der Waals surface area contributed by atoms with Crippen LogP contribution in [0.2, 0.25) is 0 Å². The van der Waals surface area contributed by atoms with Gasteiger partial charge in [-0.2, -0.15) is 5.10 Å². The standard InChI is InChI=1S/C12H18N4O2S/c1-4-5-8-10-11(15(2)14-8)16(12(19)13-10)7-6-9(17)18-3/h4-7H2,1-3H3,(H,13,19). The highest BCUT2D eigenvalue weighted by Gasteiger charge is 2.15. The summed E-state index contributed by atoms with van der Waals surface area (Å²) in [6.45, 7) is 2.61. The number of rotatable bonds is 5. The second-order valence-electron chi connectivity index (χ2n) is 4.43. The third kappa shape index (κ3) is 2.56. The van der Waals surface area contributed by atoms with Gasteiger partial charge in [-0.25, -0.2) is 0 Å². The van der Waals surface area contributed by atoms with Crippen molar-refractivity contribution < 1.29 is 9.53 Å². The third-order valence-corrected chi connectivity index (χ3v) is 3.40. The Morgan fingerprint density at radius 2 is 2.26 bits per heavy atom. The molecular formula is C12H18N4O2S. The Bertz CT molecular complexity index is 653. The first-order chi connectivity index (χ1) is 9.08. The molecule has 0 atom stereocenters. The summed E-state index contributed by atoms with van der Waals surface area (Å²) in [4.78, 5) is 14.4. The van der Waals surface area contributed by atoms with Crippen LogP contribution in [0.1, 0.15) is 25.5 Å². The summed E-state index contributed by atoms with van der Waals surface area (Å²) in [5, 5.41) is 4.49. The molecule has 2 rings (SSSR count). The molecule has 6 nitrogen and oxygen atoms in total. The molecule has 0 amide bonds. The zero-order valence-corrected chi connectivity index (χ0v) is 12.2. The first kappa shape index (κ1) is 13.8. The molecule has 1 N–H and O–H groups in total. The first-order valence-electron chi connectivity index (χ1n) is 6.29. The van der Waals surface area contributed by atoms with Crippen LogP contribution in [0.3, 0.4) is 0 Å².